The molecule has 1 heterocycles. The Morgan fingerprint density at radius 2 is 1.94 bits per heavy atom. The molecular weight excluding hydrogens is 218 g/mol. The smallest absolute Gasteiger partial charge is 0.231 e. The summed E-state index contributed by atoms with van der Waals surface area (Å²) in [6.45, 7) is 3.57. The quantitative estimate of drug-likeness (QED) is 0.795. The first-order valence-electron chi connectivity index (χ1n) is 5.94. The first kappa shape index (κ1) is 12.0. The van der Waals surface area contributed by atoms with Crippen molar-refractivity contribution in [1.82, 2.24) is 0 Å². The van der Waals surface area contributed by atoms with Crippen molar-refractivity contribution in [2.75, 3.05) is 31.9 Å². The van der Waals surface area contributed by atoms with Gasteiger partial charge < -0.3 is 19.5 Å². The van der Waals surface area contributed by atoms with E-state index in [4.69, 9.17) is 14.6 Å². The molecule has 0 atom stereocenters. The number of fused-ring (bicyclic) bond motifs is 1. The zero-order valence-corrected chi connectivity index (χ0v) is 10.4. The first-order chi connectivity index (χ1) is 8.22. The minimum Gasteiger partial charge on any atom is -0.454 e. The van der Waals surface area contributed by atoms with Gasteiger partial charge in [-0.1, -0.05) is 0 Å². The van der Waals surface area contributed by atoms with Crippen molar-refractivity contribution in [2.45, 2.75) is 19.8 Å². The molecule has 0 spiro atoms. The molecule has 1 aromatic rings. The predicted molar refractivity (Wildman–Crippen MR) is 66.9 cm³/mol. The fourth-order valence-corrected chi connectivity index (χ4v) is 2.03. The Morgan fingerprint density at radius 3 is 2.65 bits per heavy atom. The molecule has 94 valence electrons. The van der Waals surface area contributed by atoms with Crippen LogP contribution in [0.1, 0.15) is 18.4 Å². The van der Waals surface area contributed by atoms with Crippen LogP contribution in [0.2, 0.25) is 0 Å². The summed E-state index contributed by atoms with van der Waals surface area (Å²) in [6.07, 6.45) is 1.83. The van der Waals surface area contributed by atoms with Crippen molar-refractivity contribution < 1.29 is 14.6 Å². The van der Waals surface area contributed by atoms with Gasteiger partial charge in [0, 0.05) is 32.0 Å². The Bertz CT molecular complexity index is 392. The third-order valence-corrected chi connectivity index (χ3v) is 3.00. The number of aliphatic hydroxyl groups excluding tert-OH is 1. The van der Waals surface area contributed by atoms with Crippen LogP contribution in [-0.2, 0) is 0 Å². The molecule has 17 heavy (non-hydrogen) atoms. The number of rotatable bonds is 5. The summed E-state index contributed by atoms with van der Waals surface area (Å²) in [6, 6.07) is 4.04. The van der Waals surface area contributed by atoms with Crippen LogP contribution in [0.5, 0.6) is 11.5 Å². The zero-order chi connectivity index (χ0) is 12.3. The first-order valence-corrected chi connectivity index (χ1v) is 5.94. The largest absolute Gasteiger partial charge is 0.454 e. The van der Waals surface area contributed by atoms with Gasteiger partial charge in [-0.3, -0.25) is 0 Å². The highest BCUT2D eigenvalue weighted by Gasteiger charge is 2.17. The van der Waals surface area contributed by atoms with Crippen LogP contribution >= 0.6 is 0 Å². The molecule has 0 fully saturated rings. The summed E-state index contributed by atoms with van der Waals surface area (Å²) in [5, 5.41) is 8.78. The van der Waals surface area contributed by atoms with Gasteiger partial charge in [0.1, 0.15) is 0 Å². The number of nitrogens with zero attached hydrogens (tertiary/aromatic N) is 1. The van der Waals surface area contributed by atoms with E-state index in [2.05, 4.69) is 18.9 Å². The van der Waals surface area contributed by atoms with Crippen LogP contribution in [0, 0.1) is 6.92 Å². The van der Waals surface area contributed by atoms with E-state index in [-0.39, 0.29) is 6.61 Å². The molecule has 0 amide bonds. The van der Waals surface area contributed by atoms with Crippen LogP contribution < -0.4 is 14.4 Å². The van der Waals surface area contributed by atoms with Gasteiger partial charge in [0.25, 0.3) is 0 Å². The lowest BCUT2D eigenvalue weighted by Crippen LogP contribution is -2.19. The van der Waals surface area contributed by atoms with E-state index in [0.29, 0.717) is 6.79 Å². The summed E-state index contributed by atoms with van der Waals surface area (Å²) >= 11 is 0. The molecule has 0 aliphatic carbocycles. The van der Waals surface area contributed by atoms with Crippen molar-refractivity contribution >= 4 is 5.69 Å². The van der Waals surface area contributed by atoms with Crippen LogP contribution in [0.25, 0.3) is 0 Å². The third kappa shape index (κ3) is 2.64. The number of ether oxygens (including phenoxy) is 2. The third-order valence-electron chi connectivity index (χ3n) is 3.00. The standard InChI is InChI=1S/C13H19NO3/c1-10-7-12-13(17-9-16-12)8-11(10)14(2)5-3-4-6-15/h7-8,15H,3-6,9H2,1-2H3. The Balaban J connectivity index is 2.09. The topological polar surface area (TPSA) is 41.9 Å². The maximum atomic E-state index is 8.78. The van der Waals surface area contributed by atoms with Crippen LogP contribution in [0.4, 0.5) is 5.69 Å². The van der Waals surface area contributed by atoms with Gasteiger partial charge in [0.15, 0.2) is 11.5 Å². The van der Waals surface area contributed by atoms with Crippen molar-refractivity contribution in [1.29, 1.82) is 0 Å². The Labute approximate surface area is 102 Å². The normalized spacial score (nSPS) is 12.9. The van der Waals surface area contributed by atoms with Gasteiger partial charge in [0.05, 0.1) is 0 Å². The number of hydrogen-bond acceptors (Lipinski definition) is 4. The summed E-state index contributed by atoms with van der Waals surface area (Å²) < 4.78 is 10.7. The van der Waals surface area contributed by atoms with Gasteiger partial charge in [-0.25, -0.2) is 0 Å². The maximum absolute atomic E-state index is 8.78. The van der Waals surface area contributed by atoms with Crippen molar-refractivity contribution in [3.05, 3.63) is 17.7 Å². The van der Waals surface area contributed by atoms with Gasteiger partial charge in [0.2, 0.25) is 6.79 Å². The minimum atomic E-state index is 0.258. The van der Waals surface area contributed by atoms with E-state index in [9.17, 15) is 0 Å². The molecule has 0 saturated carbocycles. The van der Waals surface area contributed by atoms with Crippen LogP contribution in [0.15, 0.2) is 12.1 Å². The van der Waals surface area contributed by atoms with E-state index in [0.717, 1.165) is 36.6 Å². The molecule has 4 nitrogen and oxygen atoms in total. The second-order valence-electron chi connectivity index (χ2n) is 4.34. The van der Waals surface area contributed by atoms with Gasteiger partial charge in [-0.05, 0) is 31.4 Å². The Hall–Kier alpha value is -1.42. The highest BCUT2D eigenvalue weighted by molar-refractivity contribution is 5.61. The average molecular weight is 237 g/mol. The number of unbranched alkanes of at least 4 members (excludes halogenated alkanes) is 1. The molecule has 0 bridgehead atoms. The summed E-state index contributed by atoms with van der Waals surface area (Å²) in [4.78, 5) is 2.19. The predicted octanol–water partition coefficient (Wildman–Crippen LogP) is 1.93. The number of hydrogen-bond donors (Lipinski definition) is 1. The molecule has 0 unspecified atom stereocenters. The lowest BCUT2D eigenvalue weighted by atomic mass is 10.1. The van der Waals surface area contributed by atoms with Crippen molar-refractivity contribution in [3.8, 4) is 11.5 Å². The molecule has 1 N–H and O–H groups in total. The summed E-state index contributed by atoms with van der Waals surface area (Å²) in [5.41, 5.74) is 2.34. The molecule has 4 heteroatoms. The molecule has 0 saturated heterocycles. The number of aryl methyl sites for hydroxylation is 1. The lowest BCUT2D eigenvalue weighted by Gasteiger charge is -2.21. The van der Waals surface area contributed by atoms with Crippen molar-refractivity contribution in [2.24, 2.45) is 0 Å². The molecular formula is C13H19NO3. The molecule has 2 rings (SSSR count). The minimum absolute atomic E-state index is 0.258. The second-order valence-corrected chi connectivity index (χ2v) is 4.34. The number of anilines is 1. The highest BCUT2D eigenvalue weighted by atomic mass is 16.7. The molecule has 1 aliphatic heterocycles. The van der Waals surface area contributed by atoms with E-state index in [1.54, 1.807) is 0 Å². The van der Waals surface area contributed by atoms with E-state index >= 15 is 0 Å². The summed E-state index contributed by atoms with van der Waals surface area (Å²) in [7, 11) is 2.06. The van der Waals surface area contributed by atoms with Crippen molar-refractivity contribution in [3.63, 3.8) is 0 Å². The van der Waals surface area contributed by atoms with Crippen LogP contribution in [0.3, 0.4) is 0 Å². The number of benzene rings is 1. The van der Waals surface area contributed by atoms with Gasteiger partial charge in [-0.15, -0.1) is 0 Å². The molecule has 0 radical (unpaired) electrons. The second kappa shape index (κ2) is 5.27. The molecule has 0 aromatic heterocycles. The monoisotopic (exact) mass is 237 g/mol. The Kier molecular flexibility index (Phi) is 3.74. The zero-order valence-electron chi connectivity index (χ0n) is 10.4. The van der Waals surface area contributed by atoms with Gasteiger partial charge >= 0.3 is 0 Å². The highest BCUT2D eigenvalue weighted by Crippen LogP contribution is 2.37. The van der Waals surface area contributed by atoms with E-state index in [1.807, 2.05) is 12.1 Å². The number of aliphatic hydroxyl groups is 1. The van der Waals surface area contributed by atoms with Gasteiger partial charge in [-0.2, -0.15) is 0 Å². The average Bonchev–Trinajstić information content (AvgIpc) is 2.75. The van der Waals surface area contributed by atoms with Crippen LogP contribution in [-0.4, -0.2) is 32.1 Å². The fraction of sp³-hybridized carbons (Fsp3) is 0.538. The van der Waals surface area contributed by atoms with E-state index < -0.39 is 0 Å². The fourth-order valence-electron chi connectivity index (χ4n) is 2.03. The Morgan fingerprint density at radius 1 is 1.24 bits per heavy atom. The SMILES string of the molecule is Cc1cc2c(cc1N(C)CCCCO)OCO2. The maximum Gasteiger partial charge on any atom is 0.231 e. The lowest BCUT2D eigenvalue weighted by molar-refractivity contribution is 0.174. The van der Waals surface area contributed by atoms with E-state index in [1.165, 1.54) is 5.56 Å². The summed E-state index contributed by atoms with van der Waals surface area (Å²) in [5.74, 6) is 1.65. The molecule has 1 aromatic carbocycles. The molecule has 1 aliphatic rings.